The Morgan fingerprint density at radius 2 is 2.17 bits per heavy atom. The highest BCUT2D eigenvalue weighted by molar-refractivity contribution is 6.02. The number of hydrogen-bond acceptors (Lipinski definition) is 3. The third-order valence-electron chi connectivity index (χ3n) is 3.35. The van der Waals surface area contributed by atoms with E-state index in [1.54, 1.807) is 4.90 Å². The Kier molecular flexibility index (Phi) is 3.41. The highest BCUT2D eigenvalue weighted by Crippen LogP contribution is 2.34. The van der Waals surface area contributed by atoms with Gasteiger partial charge in [-0.25, -0.2) is 0 Å². The van der Waals surface area contributed by atoms with E-state index in [1.807, 2.05) is 33.0 Å². The lowest BCUT2D eigenvalue weighted by molar-refractivity contribution is -0.118. The normalized spacial score (nSPS) is 15.1. The summed E-state index contributed by atoms with van der Waals surface area (Å²) in [6.07, 6.45) is 0.427. The number of rotatable bonds is 4. The zero-order chi connectivity index (χ0) is 13.3. The molecule has 2 N–H and O–H groups in total. The number of aliphatic hydroxyl groups excluding tert-OH is 1. The van der Waals surface area contributed by atoms with Crippen molar-refractivity contribution in [2.45, 2.75) is 32.4 Å². The quantitative estimate of drug-likeness (QED) is 0.838. The smallest absolute Gasteiger partial charge is 0.232 e. The van der Waals surface area contributed by atoms with Crippen molar-refractivity contribution in [1.82, 2.24) is 5.32 Å². The topological polar surface area (TPSA) is 52.6 Å². The number of amides is 1. The van der Waals surface area contributed by atoms with Gasteiger partial charge in [0.2, 0.25) is 5.91 Å². The molecule has 0 aliphatic carbocycles. The van der Waals surface area contributed by atoms with Gasteiger partial charge in [0, 0.05) is 12.2 Å². The zero-order valence-electron chi connectivity index (χ0n) is 11.2. The van der Waals surface area contributed by atoms with Crippen LogP contribution < -0.4 is 10.2 Å². The van der Waals surface area contributed by atoms with Gasteiger partial charge in [-0.15, -0.1) is 0 Å². The van der Waals surface area contributed by atoms with Gasteiger partial charge in [-0.2, -0.15) is 0 Å². The van der Waals surface area contributed by atoms with Crippen molar-refractivity contribution >= 4 is 11.6 Å². The van der Waals surface area contributed by atoms with Crippen LogP contribution in [0.2, 0.25) is 0 Å². The minimum atomic E-state index is -0.549. The van der Waals surface area contributed by atoms with Crippen LogP contribution in [-0.2, 0) is 17.8 Å². The fraction of sp³-hybridized carbons (Fsp3) is 0.500. The molecule has 1 aliphatic heterocycles. The average Bonchev–Trinajstić information content (AvgIpc) is 2.65. The highest BCUT2D eigenvalue weighted by atomic mass is 16.3. The minimum Gasteiger partial charge on any atom is -0.394 e. The summed E-state index contributed by atoms with van der Waals surface area (Å²) in [7, 11) is 1.90. The third kappa shape index (κ3) is 2.13. The SMILES string of the molecule is CNCc1ccc2c(c1)CC(=O)N2C(C)(C)CO. The molecular weight excluding hydrogens is 228 g/mol. The maximum atomic E-state index is 12.1. The molecule has 0 saturated heterocycles. The molecular formula is C14H20N2O2. The molecule has 0 bridgehead atoms. The molecule has 0 fully saturated rings. The lowest BCUT2D eigenvalue weighted by Gasteiger charge is -2.34. The van der Waals surface area contributed by atoms with Crippen molar-refractivity contribution in [3.05, 3.63) is 29.3 Å². The molecule has 1 aromatic carbocycles. The van der Waals surface area contributed by atoms with Crippen molar-refractivity contribution in [3.63, 3.8) is 0 Å². The molecule has 0 spiro atoms. The van der Waals surface area contributed by atoms with E-state index < -0.39 is 5.54 Å². The van der Waals surface area contributed by atoms with E-state index in [9.17, 15) is 9.90 Å². The molecule has 4 heteroatoms. The largest absolute Gasteiger partial charge is 0.394 e. The third-order valence-corrected chi connectivity index (χ3v) is 3.35. The Morgan fingerprint density at radius 1 is 1.44 bits per heavy atom. The van der Waals surface area contributed by atoms with E-state index in [0.29, 0.717) is 6.42 Å². The number of fused-ring (bicyclic) bond motifs is 1. The number of nitrogens with zero attached hydrogens (tertiary/aromatic N) is 1. The maximum absolute atomic E-state index is 12.1. The fourth-order valence-electron chi connectivity index (χ4n) is 2.42. The van der Waals surface area contributed by atoms with Crippen molar-refractivity contribution in [2.24, 2.45) is 0 Å². The number of benzene rings is 1. The maximum Gasteiger partial charge on any atom is 0.232 e. The van der Waals surface area contributed by atoms with E-state index in [-0.39, 0.29) is 12.5 Å². The van der Waals surface area contributed by atoms with Crippen molar-refractivity contribution < 1.29 is 9.90 Å². The molecule has 0 saturated carbocycles. The van der Waals surface area contributed by atoms with Crippen molar-refractivity contribution in [3.8, 4) is 0 Å². The first kappa shape index (κ1) is 13.1. The number of carbonyl (C=O) groups is 1. The number of hydrogen-bond donors (Lipinski definition) is 2. The molecule has 1 aliphatic rings. The molecule has 2 rings (SSSR count). The second-order valence-electron chi connectivity index (χ2n) is 5.37. The summed E-state index contributed by atoms with van der Waals surface area (Å²) in [6.45, 7) is 4.50. The van der Waals surface area contributed by atoms with Crippen molar-refractivity contribution in [2.75, 3.05) is 18.6 Å². The first-order valence-electron chi connectivity index (χ1n) is 6.20. The number of anilines is 1. The number of nitrogens with one attached hydrogen (secondary N) is 1. The van der Waals surface area contributed by atoms with Crippen LogP contribution in [-0.4, -0.2) is 30.2 Å². The molecule has 0 unspecified atom stereocenters. The van der Waals surface area contributed by atoms with E-state index in [4.69, 9.17) is 0 Å². The van der Waals surface area contributed by atoms with Gasteiger partial charge in [0.25, 0.3) is 0 Å². The van der Waals surface area contributed by atoms with Crippen LogP contribution in [0.15, 0.2) is 18.2 Å². The van der Waals surface area contributed by atoms with Crippen LogP contribution in [0.5, 0.6) is 0 Å². The number of aliphatic hydroxyl groups is 1. The van der Waals surface area contributed by atoms with Gasteiger partial charge < -0.3 is 15.3 Å². The van der Waals surface area contributed by atoms with Crippen LogP contribution in [0, 0.1) is 0 Å². The lowest BCUT2D eigenvalue weighted by Crippen LogP contribution is -2.48. The predicted molar refractivity (Wildman–Crippen MR) is 71.6 cm³/mol. The lowest BCUT2D eigenvalue weighted by atomic mass is 10.0. The molecule has 4 nitrogen and oxygen atoms in total. The Labute approximate surface area is 108 Å². The Morgan fingerprint density at radius 3 is 2.78 bits per heavy atom. The van der Waals surface area contributed by atoms with Gasteiger partial charge in [-0.3, -0.25) is 4.79 Å². The summed E-state index contributed by atoms with van der Waals surface area (Å²) in [5, 5.41) is 12.5. The zero-order valence-corrected chi connectivity index (χ0v) is 11.2. The molecule has 1 amide bonds. The second kappa shape index (κ2) is 4.71. The molecule has 0 radical (unpaired) electrons. The molecule has 0 aromatic heterocycles. The molecule has 1 aromatic rings. The Hall–Kier alpha value is -1.39. The second-order valence-corrected chi connectivity index (χ2v) is 5.37. The predicted octanol–water partition coefficient (Wildman–Crippen LogP) is 1.07. The summed E-state index contributed by atoms with van der Waals surface area (Å²) in [6, 6.07) is 6.07. The first-order chi connectivity index (χ1) is 8.49. The Bertz CT molecular complexity index is 469. The molecule has 1 heterocycles. The van der Waals surface area contributed by atoms with Crippen LogP contribution in [0.25, 0.3) is 0 Å². The minimum absolute atomic E-state index is 0.0452. The number of carbonyl (C=O) groups excluding carboxylic acids is 1. The van der Waals surface area contributed by atoms with Crippen LogP contribution in [0.4, 0.5) is 5.69 Å². The molecule has 0 atom stereocenters. The van der Waals surface area contributed by atoms with Gasteiger partial charge >= 0.3 is 0 Å². The Balaban J connectivity index is 2.38. The summed E-state index contributed by atoms with van der Waals surface area (Å²) in [5.41, 5.74) is 2.60. The first-order valence-corrected chi connectivity index (χ1v) is 6.20. The van der Waals surface area contributed by atoms with Crippen LogP contribution >= 0.6 is 0 Å². The average molecular weight is 248 g/mol. The van der Waals surface area contributed by atoms with Crippen molar-refractivity contribution in [1.29, 1.82) is 0 Å². The van der Waals surface area contributed by atoms with Crippen LogP contribution in [0.1, 0.15) is 25.0 Å². The van der Waals surface area contributed by atoms with Gasteiger partial charge in [0.1, 0.15) is 0 Å². The van der Waals surface area contributed by atoms with Gasteiger partial charge in [0.05, 0.1) is 18.6 Å². The van der Waals surface area contributed by atoms with E-state index in [1.165, 1.54) is 5.56 Å². The fourth-order valence-corrected chi connectivity index (χ4v) is 2.42. The summed E-state index contributed by atoms with van der Waals surface area (Å²) >= 11 is 0. The van der Waals surface area contributed by atoms with Gasteiger partial charge in [-0.1, -0.05) is 12.1 Å². The van der Waals surface area contributed by atoms with E-state index in [2.05, 4.69) is 11.4 Å². The standard InChI is InChI=1S/C14H20N2O2/c1-14(2,9-17)16-12-5-4-10(8-15-3)6-11(12)7-13(16)18/h4-6,15,17H,7-9H2,1-3H3. The van der Waals surface area contributed by atoms with Gasteiger partial charge in [-0.05, 0) is 38.1 Å². The molecule has 18 heavy (non-hydrogen) atoms. The van der Waals surface area contributed by atoms with E-state index >= 15 is 0 Å². The summed E-state index contributed by atoms with van der Waals surface area (Å²) in [5.74, 6) is 0.0608. The highest BCUT2D eigenvalue weighted by Gasteiger charge is 2.37. The van der Waals surface area contributed by atoms with E-state index in [0.717, 1.165) is 17.8 Å². The van der Waals surface area contributed by atoms with Gasteiger partial charge in [0.15, 0.2) is 0 Å². The summed E-state index contributed by atoms with van der Waals surface area (Å²) < 4.78 is 0. The van der Waals surface area contributed by atoms with Crippen LogP contribution in [0.3, 0.4) is 0 Å². The monoisotopic (exact) mass is 248 g/mol. The summed E-state index contributed by atoms with van der Waals surface area (Å²) in [4.78, 5) is 13.8. The molecule has 98 valence electrons.